The highest BCUT2D eigenvalue weighted by Gasteiger charge is 2.29. The largest absolute Gasteiger partial charge is 0.363 e. The normalized spacial score (nSPS) is 21.5. The lowest BCUT2D eigenvalue weighted by molar-refractivity contribution is 0.100. The number of anilines is 1. The van der Waals surface area contributed by atoms with Gasteiger partial charge in [-0.2, -0.15) is 0 Å². The van der Waals surface area contributed by atoms with Gasteiger partial charge < -0.3 is 4.90 Å². The molecule has 1 fully saturated rings. The van der Waals surface area contributed by atoms with Crippen LogP contribution in [0.25, 0.3) is 0 Å². The van der Waals surface area contributed by atoms with Gasteiger partial charge in [0.1, 0.15) is 0 Å². The molecule has 88 valence electrons. The van der Waals surface area contributed by atoms with Gasteiger partial charge in [-0.25, -0.2) is 8.78 Å². The minimum absolute atomic E-state index is 0.591. The molecule has 0 radical (unpaired) electrons. The molecule has 0 amide bonds. The van der Waals surface area contributed by atoms with Gasteiger partial charge in [0.05, 0.1) is 6.04 Å². The molecule has 0 N–H and O–H groups in total. The summed E-state index contributed by atoms with van der Waals surface area (Å²) in [6, 6.07) is 6.96. The Morgan fingerprint density at radius 3 is 2.50 bits per heavy atom. The van der Waals surface area contributed by atoms with Crippen LogP contribution in [-0.4, -0.2) is 19.0 Å². The summed E-state index contributed by atoms with van der Waals surface area (Å²) in [5.74, 6) is 0. The maximum atomic E-state index is 12.9. The van der Waals surface area contributed by atoms with Gasteiger partial charge in [0.15, 0.2) is 0 Å². The second-order valence-corrected chi connectivity index (χ2v) is 4.98. The molecule has 4 heteroatoms. The lowest BCUT2D eigenvalue weighted by Gasteiger charge is -2.37. The van der Waals surface area contributed by atoms with Gasteiger partial charge in [0.25, 0.3) is 6.43 Å². The van der Waals surface area contributed by atoms with E-state index in [-0.39, 0.29) is 0 Å². The molecule has 1 aromatic rings. The Kier molecular flexibility index (Phi) is 3.79. The number of hydrogen-bond acceptors (Lipinski definition) is 1. The van der Waals surface area contributed by atoms with Gasteiger partial charge in [0.2, 0.25) is 0 Å². The van der Waals surface area contributed by atoms with Crippen molar-refractivity contribution in [3.05, 3.63) is 28.7 Å². The smallest absolute Gasteiger partial charge is 0.258 e. The minimum Gasteiger partial charge on any atom is -0.363 e. The van der Waals surface area contributed by atoms with Crippen LogP contribution < -0.4 is 4.90 Å². The molecule has 1 heterocycles. The minimum atomic E-state index is -2.26. The van der Waals surface area contributed by atoms with E-state index in [0.29, 0.717) is 6.42 Å². The van der Waals surface area contributed by atoms with Crippen LogP contribution in [0.15, 0.2) is 28.7 Å². The molecule has 1 aliphatic rings. The van der Waals surface area contributed by atoms with Crippen molar-refractivity contribution >= 4 is 21.6 Å². The fraction of sp³-hybridized carbons (Fsp3) is 0.500. The van der Waals surface area contributed by atoms with Crippen molar-refractivity contribution in [1.29, 1.82) is 0 Å². The molecule has 1 unspecified atom stereocenters. The molecule has 1 atom stereocenters. The Hall–Kier alpha value is -0.640. The fourth-order valence-corrected chi connectivity index (χ4v) is 2.44. The Balaban J connectivity index is 2.19. The maximum absolute atomic E-state index is 12.9. The van der Waals surface area contributed by atoms with E-state index in [4.69, 9.17) is 0 Å². The summed E-state index contributed by atoms with van der Waals surface area (Å²) < 4.78 is 26.7. The molecule has 0 saturated carbocycles. The monoisotopic (exact) mass is 289 g/mol. The van der Waals surface area contributed by atoms with Crippen molar-refractivity contribution < 1.29 is 8.78 Å². The van der Waals surface area contributed by atoms with Gasteiger partial charge >= 0.3 is 0 Å². The summed E-state index contributed by atoms with van der Waals surface area (Å²) in [5.41, 5.74) is 0.896. The topological polar surface area (TPSA) is 3.24 Å². The van der Waals surface area contributed by atoms with Crippen LogP contribution in [0.5, 0.6) is 0 Å². The van der Waals surface area contributed by atoms with E-state index in [1.165, 1.54) is 0 Å². The Labute approximate surface area is 103 Å². The fourth-order valence-electron chi connectivity index (χ4n) is 2.17. The number of alkyl halides is 2. The Bertz CT molecular complexity index is 339. The van der Waals surface area contributed by atoms with E-state index in [2.05, 4.69) is 15.9 Å². The van der Waals surface area contributed by atoms with Gasteiger partial charge in [-0.3, -0.25) is 0 Å². The molecule has 0 aromatic heterocycles. The molecule has 1 aromatic carbocycles. The van der Waals surface area contributed by atoms with Gasteiger partial charge in [-0.1, -0.05) is 15.9 Å². The zero-order valence-corrected chi connectivity index (χ0v) is 10.5. The molecule has 1 nitrogen and oxygen atoms in total. The first-order valence-corrected chi connectivity index (χ1v) is 6.28. The first-order valence-electron chi connectivity index (χ1n) is 5.49. The van der Waals surface area contributed by atoms with Crippen molar-refractivity contribution in [1.82, 2.24) is 0 Å². The van der Waals surface area contributed by atoms with Crippen LogP contribution in [-0.2, 0) is 0 Å². The first kappa shape index (κ1) is 11.8. The third-order valence-corrected chi connectivity index (χ3v) is 3.53. The number of benzene rings is 1. The van der Waals surface area contributed by atoms with Crippen LogP contribution in [0.3, 0.4) is 0 Å². The van der Waals surface area contributed by atoms with Gasteiger partial charge in [-0.05, 0) is 43.5 Å². The van der Waals surface area contributed by atoms with Crippen LogP contribution in [0, 0.1) is 0 Å². The lowest BCUT2D eigenvalue weighted by Crippen LogP contribution is -2.44. The number of piperidine rings is 1. The standard InChI is InChI=1S/C12H14BrF2N/c13-9-4-6-10(7-5-9)16-8-2-1-3-11(16)12(14)15/h4-7,11-12H,1-3,8H2. The first-order chi connectivity index (χ1) is 7.68. The highest BCUT2D eigenvalue weighted by molar-refractivity contribution is 9.10. The van der Waals surface area contributed by atoms with Crippen LogP contribution in [0.4, 0.5) is 14.5 Å². The second-order valence-electron chi connectivity index (χ2n) is 4.07. The molecule has 1 aliphatic heterocycles. The van der Waals surface area contributed by atoms with E-state index in [1.807, 2.05) is 29.2 Å². The van der Waals surface area contributed by atoms with Crippen molar-refractivity contribution in [2.45, 2.75) is 31.7 Å². The van der Waals surface area contributed by atoms with E-state index < -0.39 is 12.5 Å². The molecule has 1 saturated heterocycles. The van der Waals surface area contributed by atoms with Crippen LogP contribution >= 0.6 is 15.9 Å². The van der Waals surface area contributed by atoms with Crippen LogP contribution in [0.2, 0.25) is 0 Å². The molecule has 0 bridgehead atoms. The third kappa shape index (κ3) is 2.54. The summed E-state index contributed by atoms with van der Waals surface area (Å²) in [5, 5.41) is 0. The second kappa shape index (κ2) is 5.13. The highest BCUT2D eigenvalue weighted by atomic mass is 79.9. The number of halogens is 3. The summed E-state index contributed by atoms with van der Waals surface area (Å²) in [7, 11) is 0. The van der Waals surface area contributed by atoms with Crippen LogP contribution in [0.1, 0.15) is 19.3 Å². The molecule has 2 rings (SSSR count). The molecule has 0 spiro atoms. The Morgan fingerprint density at radius 2 is 1.88 bits per heavy atom. The van der Waals surface area contributed by atoms with E-state index in [9.17, 15) is 8.78 Å². The zero-order valence-electron chi connectivity index (χ0n) is 8.87. The van der Waals surface area contributed by atoms with E-state index in [0.717, 1.165) is 29.5 Å². The number of rotatable bonds is 2. The van der Waals surface area contributed by atoms with Crippen molar-refractivity contribution in [2.24, 2.45) is 0 Å². The van der Waals surface area contributed by atoms with Crippen molar-refractivity contribution in [2.75, 3.05) is 11.4 Å². The SMILES string of the molecule is FC(F)C1CCCCN1c1ccc(Br)cc1. The predicted octanol–water partition coefficient (Wildman–Crippen LogP) is 4.07. The predicted molar refractivity (Wildman–Crippen MR) is 65.1 cm³/mol. The summed E-state index contributed by atoms with van der Waals surface area (Å²) in [4.78, 5) is 1.83. The summed E-state index contributed by atoms with van der Waals surface area (Å²) in [6.45, 7) is 0.733. The molecular weight excluding hydrogens is 276 g/mol. The maximum Gasteiger partial charge on any atom is 0.258 e. The van der Waals surface area contributed by atoms with E-state index >= 15 is 0 Å². The average Bonchev–Trinajstić information content (AvgIpc) is 2.30. The number of nitrogens with zero attached hydrogens (tertiary/aromatic N) is 1. The van der Waals surface area contributed by atoms with Gasteiger partial charge in [0, 0.05) is 16.7 Å². The molecule has 16 heavy (non-hydrogen) atoms. The lowest BCUT2D eigenvalue weighted by atomic mass is 10.0. The van der Waals surface area contributed by atoms with E-state index in [1.54, 1.807) is 0 Å². The molecular formula is C12H14BrF2N. The summed E-state index contributed by atoms with van der Waals surface area (Å²) in [6.07, 6.45) is 0.235. The summed E-state index contributed by atoms with van der Waals surface area (Å²) >= 11 is 3.35. The quantitative estimate of drug-likeness (QED) is 0.793. The highest BCUT2D eigenvalue weighted by Crippen LogP contribution is 2.28. The zero-order chi connectivity index (χ0) is 11.5. The van der Waals surface area contributed by atoms with Crippen molar-refractivity contribution in [3.8, 4) is 0 Å². The molecule has 0 aliphatic carbocycles. The van der Waals surface area contributed by atoms with Crippen molar-refractivity contribution in [3.63, 3.8) is 0 Å². The third-order valence-electron chi connectivity index (χ3n) is 3.00. The average molecular weight is 290 g/mol. The number of hydrogen-bond donors (Lipinski definition) is 0. The van der Waals surface area contributed by atoms with Gasteiger partial charge in [-0.15, -0.1) is 0 Å². The Morgan fingerprint density at radius 1 is 1.19 bits per heavy atom.